The van der Waals surface area contributed by atoms with Crippen molar-refractivity contribution in [2.75, 3.05) is 19.6 Å². The van der Waals surface area contributed by atoms with Crippen molar-refractivity contribution < 1.29 is 0 Å². The second kappa shape index (κ2) is 7.06. The summed E-state index contributed by atoms with van der Waals surface area (Å²) in [6.07, 6.45) is 3.76. The molecule has 0 spiro atoms. The molecule has 1 unspecified atom stereocenters. The molecule has 1 aliphatic heterocycles. The zero-order chi connectivity index (χ0) is 13.7. The van der Waals surface area contributed by atoms with Crippen molar-refractivity contribution in [2.24, 2.45) is 0 Å². The summed E-state index contributed by atoms with van der Waals surface area (Å²) in [6, 6.07) is 7.76. The van der Waals surface area contributed by atoms with E-state index in [0.29, 0.717) is 6.04 Å². The van der Waals surface area contributed by atoms with Crippen LogP contribution in [0.4, 0.5) is 0 Å². The van der Waals surface area contributed by atoms with Crippen molar-refractivity contribution in [3.63, 3.8) is 0 Å². The third-order valence-electron chi connectivity index (χ3n) is 4.22. The van der Waals surface area contributed by atoms with Crippen molar-refractivity contribution in [1.82, 2.24) is 10.2 Å². The van der Waals surface area contributed by atoms with Crippen LogP contribution in [0.15, 0.2) is 18.2 Å². The Kier molecular flexibility index (Phi) is 5.41. The van der Waals surface area contributed by atoms with Crippen LogP contribution in [-0.2, 0) is 13.0 Å². The van der Waals surface area contributed by atoms with Crippen LogP contribution in [0, 0.1) is 0 Å². The number of rotatable bonds is 6. The summed E-state index contributed by atoms with van der Waals surface area (Å²) in [4.78, 5) is 2.63. The quantitative estimate of drug-likeness (QED) is 0.842. The van der Waals surface area contributed by atoms with Crippen LogP contribution in [0.2, 0.25) is 0 Å². The van der Waals surface area contributed by atoms with Gasteiger partial charge >= 0.3 is 0 Å². The van der Waals surface area contributed by atoms with Crippen LogP contribution in [0.5, 0.6) is 0 Å². The lowest BCUT2D eigenvalue weighted by Crippen LogP contribution is -2.35. The monoisotopic (exact) mass is 260 g/mol. The van der Waals surface area contributed by atoms with Crippen LogP contribution < -0.4 is 5.32 Å². The molecule has 0 fully saturated rings. The molecule has 0 saturated heterocycles. The Morgan fingerprint density at radius 3 is 2.79 bits per heavy atom. The van der Waals surface area contributed by atoms with Crippen LogP contribution in [-0.4, -0.2) is 24.5 Å². The first kappa shape index (κ1) is 14.5. The van der Waals surface area contributed by atoms with Gasteiger partial charge in [-0.3, -0.25) is 4.90 Å². The van der Waals surface area contributed by atoms with E-state index in [1.54, 1.807) is 11.1 Å². The van der Waals surface area contributed by atoms with Crippen LogP contribution in [0.25, 0.3) is 0 Å². The van der Waals surface area contributed by atoms with E-state index in [1.165, 1.54) is 37.9 Å². The van der Waals surface area contributed by atoms with Crippen molar-refractivity contribution in [3.8, 4) is 0 Å². The number of nitrogens with zero attached hydrogens (tertiary/aromatic N) is 1. The third-order valence-corrected chi connectivity index (χ3v) is 4.22. The molecule has 1 aromatic carbocycles. The van der Waals surface area contributed by atoms with Gasteiger partial charge in [-0.2, -0.15) is 0 Å². The maximum atomic E-state index is 3.42. The molecule has 0 saturated carbocycles. The van der Waals surface area contributed by atoms with Gasteiger partial charge in [-0.1, -0.05) is 45.4 Å². The molecule has 1 heterocycles. The van der Waals surface area contributed by atoms with Gasteiger partial charge in [-0.15, -0.1) is 0 Å². The Balaban J connectivity index is 2.20. The van der Waals surface area contributed by atoms with Gasteiger partial charge in [0.05, 0.1) is 0 Å². The predicted octanol–water partition coefficient (Wildman–Crippen LogP) is 3.52. The fourth-order valence-electron chi connectivity index (χ4n) is 3.19. The second-order valence-corrected chi connectivity index (χ2v) is 5.50. The van der Waals surface area contributed by atoms with Crippen molar-refractivity contribution >= 4 is 0 Å². The Labute approximate surface area is 118 Å². The van der Waals surface area contributed by atoms with Crippen LogP contribution in [0.1, 0.15) is 56.3 Å². The van der Waals surface area contributed by atoms with Gasteiger partial charge < -0.3 is 5.32 Å². The Bertz CT molecular complexity index is 400. The maximum Gasteiger partial charge on any atom is 0.0350 e. The molecule has 0 aromatic heterocycles. The van der Waals surface area contributed by atoms with Gasteiger partial charge in [0.25, 0.3) is 0 Å². The largest absolute Gasteiger partial charge is 0.313 e. The molecule has 106 valence electrons. The molecule has 1 N–H and O–H groups in total. The summed E-state index contributed by atoms with van der Waals surface area (Å²) < 4.78 is 0. The van der Waals surface area contributed by atoms with Gasteiger partial charge in [-0.25, -0.2) is 0 Å². The summed E-state index contributed by atoms with van der Waals surface area (Å²) in [5, 5.41) is 3.42. The molecule has 2 heteroatoms. The standard InChI is InChI=1S/C17H28N2/c1-4-7-17-16-9-8-14(13-18-5-2)12-15(16)10-11-19(17)6-3/h8-9,12,17-18H,4-7,10-11,13H2,1-3H3. The van der Waals surface area contributed by atoms with Crippen molar-refractivity contribution in [1.29, 1.82) is 0 Å². The average molecular weight is 260 g/mol. The highest BCUT2D eigenvalue weighted by molar-refractivity contribution is 5.36. The molecule has 2 rings (SSSR count). The summed E-state index contributed by atoms with van der Waals surface area (Å²) in [5.41, 5.74) is 4.59. The Morgan fingerprint density at radius 2 is 2.11 bits per heavy atom. The molecule has 1 atom stereocenters. The zero-order valence-corrected chi connectivity index (χ0v) is 12.7. The minimum absolute atomic E-state index is 0.645. The maximum absolute atomic E-state index is 3.42. The molecule has 19 heavy (non-hydrogen) atoms. The Hall–Kier alpha value is -0.860. The zero-order valence-electron chi connectivity index (χ0n) is 12.7. The van der Waals surface area contributed by atoms with Gasteiger partial charge in [-0.05, 0) is 42.6 Å². The molecular weight excluding hydrogens is 232 g/mol. The first-order valence-corrected chi connectivity index (χ1v) is 7.86. The van der Waals surface area contributed by atoms with E-state index >= 15 is 0 Å². The van der Waals surface area contributed by atoms with Gasteiger partial charge in [0.2, 0.25) is 0 Å². The molecule has 0 amide bonds. The van der Waals surface area contributed by atoms with E-state index in [0.717, 1.165) is 13.1 Å². The van der Waals surface area contributed by atoms with E-state index in [1.807, 2.05) is 0 Å². The number of nitrogens with one attached hydrogen (secondary N) is 1. The smallest absolute Gasteiger partial charge is 0.0350 e. The van der Waals surface area contributed by atoms with Crippen molar-refractivity contribution in [2.45, 2.75) is 52.6 Å². The number of fused-ring (bicyclic) bond motifs is 1. The minimum atomic E-state index is 0.645. The highest BCUT2D eigenvalue weighted by Gasteiger charge is 2.25. The average Bonchev–Trinajstić information content (AvgIpc) is 2.45. The molecule has 1 aromatic rings. The SMILES string of the molecule is CCCC1c2ccc(CNCC)cc2CCN1CC. The molecule has 0 bridgehead atoms. The molecule has 0 aliphatic carbocycles. The molecule has 1 aliphatic rings. The van der Waals surface area contributed by atoms with Gasteiger partial charge in [0, 0.05) is 19.1 Å². The number of hydrogen-bond acceptors (Lipinski definition) is 2. The fraction of sp³-hybridized carbons (Fsp3) is 0.647. The predicted molar refractivity (Wildman–Crippen MR) is 82.4 cm³/mol. The van der Waals surface area contributed by atoms with Crippen LogP contribution in [0.3, 0.4) is 0 Å². The molecular formula is C17H28N2. The van der Waals surface area contributed by atoms with E-state index in [-0.39, 0.29) is 0 Å². The van der Waals surface area contributed by atoms with E-state index < -0.39 is 0 Å². The fourth-order valence-corrected chi connectivity index (χ4v) is 3.19. The number of hydrogen-bond donors (Lipinski definition) is 1. The van der Waals surface area contributed by atoms with Gasteiger partial charge in [0.15, 0.2) is 0 Å². The lowest BCUT2D eigenvalue weighted by Gasteiger charge is -2.37. The van der Waals surface area contributed by atoms with E-state index in [9.17, 15) is 0 Å². The van der Waals surface area contributed by atoms with Crippen molar-refractivity contribution in [3.05, 3.63) is 34.9 Å². The molecule has 2 nitrogen and oxygen atoms in total. The summed E-state index contributed by atoms with van der Waals surface area (Å²) >= 11 is 0. The lowest BCUT2D eigenvalue weighted by atomic mass is 9.89. The Morgan fingerprint density at radius 1 is 1.26 bits per heavy atom. The topological polar surface area (TPSA) is 15.3 Å². The van der Waals surface area contributed by atoms with E-state index in [2.05, 4.69) is 49.2 Å². The summed E-state index contributed by atoms with van der Waals surface area (Å²) in [5.74, 6) is 0. The molecule has 0 radical (unpaired) electrons. The summed E-state index contributed by atoms with van der Waals surface area (Å²) in [7, 11) is 0. The minimum Gasteiger partial charge on any atom is -0.313 e. The number of benzene rings is 1. The van der Waals surface area contributed by atoms with Gasteiger partial charge in [0.1, 0.15) is 0 Å². The lowest BCUT2D eigenvalue weighted by molar-refractivity contribution is 0.184. The van der Waals surface area contributed by atoms with E-state index in [4.69, 9.17) is 0 Å². The third kappa shape index (κ3) is 3.37. The van der Waals surface area contributed by atoms with Crippen LogP contribution >= 0.6 is 0 Å². The highest BCUT2D eigenvalue weighted by Crippen LogP contribution is 2.33. The summed E-state index contributed by atoms with van der Waals surface area (Å²) in [6.45, 7) is 11.2. The number of likely N-dealkylation sites (N-methyl/N-ethyl adjacent to an activating group) is 1. The second-order valence-electron chi connectivity index (χ2n) is 5.50. The first-order chi connectivity index (χ1) is 9.30. The highest BCUT2D eigenvalue weighted by atomic mass is 15.2. The first-order valence-electron chi connectivity index (χ1n) is 7.86. The normalized spacial score (nSPS) is 19.4.